The summed E-state index contributed by atoms with van der Waals surface area (Å²) in [7, 11) is 0. The Morgan fingerprint density at radius 3 is 2.59 bits per heavy atom. The van der Waals surface area contributed by atoms with Gasteiger partial charge in [0.2, 0.25) is 17.7 Å². The molecule has 10 nitrogen and oxygen atoms in total. The molecule has 2 N–H and O–H groups in total. The summed E-state index contributed by atoms with van der Waals surface area (Å²) in [5.74, 6) is -0.754. The van der Waals surface area contributed by atoms with Crippen molar-refractivity contribution in [1.82, 2.24) is 20.0 Å². The van der Waals surface area contributed by atoms with Crippen LogP contribution < -0.4 is 10.2 Å². The van der Waals surface area contributed by atoms with E-state index in [9.17, 15) is 24.3 Å². The van der Waals surface area contributed by atoms with Gasteiger partial charge in [0.05, 0.1) is 24.0 Å². The van der Waals surface area contributed by atoms with Gasteiger partial charge < -0.3 is 10.0 Å². The second-order valence-electron chi connectivity index (χ2n) is 12.3. The highest BCUT2D eigenvalue weighted by Gasteiger charge is 2.49. The molecule has 1 unspecified atom stereocenters. The second-order valence-corrected chi connectivity index (χ2v) is 12.3. The minimum Gasteiger partial charge on any atom is -0.394 e. The van der Waals surface area contributed by atoms with Gasteiger partial charge >= 0.3 is 0 Å². The fourth-order valence-electron chi connectivity index (χ4n) is 6.76. The van der Waals surface area contributed by atoms with E-state index in [1.165, 1.54) is 4.90 Å². The maximum absolute atomic E-state index is 13.4. The molecule has 1 aliphatic carbocycles. The van der Waals surface area contributed by atoms with Crippen molar-refractivity contribution in [3.63, 3.8) is 0 Å². The highest BCUT2D eigenvalue weighted by molar-refractivity contribution is 6.27. The summed E-state index contributed by atoms with van der Waals surface area (Å²) in [6.07, 6.45) is 8.08. The van der Waals surface area contributed by atoms with E-state index in [0.717, 1.165) is 34.7 Å². The Bertz CT molecular complexity index is 1610. The quantitative estimate of drug-likeness (QED) is 0.451. The van der Waals surface area contributed by atoms with E-state index >= 15 is 0 Å². The number of imide groups is 1. The molecule has 4 aliphatic rings. The molecule has 41 heavy (non-hydrogen) atoms. The van der Waals surface area contributed by atoms with Gasteiger partial charge in [-0.3, -0.25) is 34.1 Å². The van der Waals surface area contributed by atoms with Crippen LogP contribution in [0.3, 0.4) is 0 Å². The van der Waals surface area contributed by atoms with Gasteiger partial charge in [0, 0.05) is 48.5 Å². The molecule has 10 heteroatoms. The molecular weight excluding hydrogens is 522 g/mol. The molecule has 1 saturated carbocycles. The maximum atomic E-state index is 13.4. The van der Waals surface area contributed by atoms with Crippen molar-refractivity contribution in [2.75, 3.05) is 24.6 Å². The lowest BCUT2D eigenvalue weighted by molar-refractivity contribution is -0.139. The van der Waals surface area contributed by atoms with Crippen LogP contribution >= 0.6 is 0 Å². The highest BCUT2D eigenvalue weighted by Crippen LogP contribution is 2.47. The molecule has 4 heterocycles. The number of hydrogen-bond acceptors (Lipinski definition) is 6. The van der Waals surface area contributed by atoms with E-state index < -0.39 is 17.5 Å². The molecular formula is C31H33N5O5. The Hall–Kier alpha value is -4.05. The van der Waals surface area contributed by atoms with Gasteiger partial charge in [-0.25, -0.2) is 0 Å². The molecule has 4 amide bonds. The summed E-state index contributed by atoms with van der Waals surface area (Å²) in [5, 5.41) is 19.2. The van der Waals surface area contributed by atoms with Gasteiger partial charge in [-0.2, -0.15) is 5.10 Å². The van der Waals surface area contributed by atoms with Gasteiger partial charge in [-0.1, -0.05) is 25.1 Å². The average molecular weight is 556 g/mol. The molecule has 3 aromatic rings. The Labute approximate surface area is 237 Å². The van der Waals surface area contributed by atoms with Crippen molar-refractivity contribution in [1.29, 1.82) is 0 Å². The molecule has 0 radical (unpaired) electrons. The number of amides is 4. The van der Waals surface area contributed by atoms with Crippen LogP contribution in [-0.4, -0.2) is 69.2 Å². The van der Waals surface area contributed by atoms with E-state index in [4.69, 9.17) is 0 Å². The number of carbonyl (C=O) groups excluding carboxylic acids is 4. The lowest BCUT2D eigenvalue weighted by Gasteiger charge is -2.41. The molecule has 2 saturated heterocycles. The van der Waals surface area contributed by atoms with Crippen LogP contribution in [0.5, 0.6) is 0 Å². The van der Waals surface area contributed by atoms with Crippen LogP contribution in [0.25, 0.3) is 10.8 Å². The minimum atomic E-state index is -0.719. The second kappa shape index (κ2) is 9.24. The molecule has 212 valence electrons. The molecule has 3 aliphatic heterocycles. The zero-order valence-corrected chi connectivity index (χ0v) is 23.1. The van der Waals surface area contributed by atoms with Crippen molar-refractivity contribution >= 4 is 40.1 Å². The SMILES string of the molecule is CC1(C(=O)N2CCC(CO)(n3cc(Cc4ccc5c6c(cccc46)C(=O)N5C4CCC(=O)NC4=O)cn3)CC2)CC1. The van der Waals surface area contributed by atoms with Crippen molar-refractivity contribution < 1.29 is 24.3 Å². The zero-order valence-electron chi connectivity index (χ0n) is 23.1. The molecule has 7 rings (SSSR count). The van der Waals surface area contributed by atoms with Crippen molar-refractivity contribution in [3.8, 4) is 0 Å². The Morgan fingerprint density at radius 1 is 1.10 bits per heavy atom. The van der Waals surface area contributed by atoms with E-state index in [0.29, 0.717) is 50.0 Å². The predicted molar refractivity (Wildman–Crippen MR) is 150 cm³/mol. The van der Waals surface area contributed by atoms with Gasteiger partial charge in [0.25, 0.3) is 5.91 Å². The number of aromatic nitrogens is 2. The zero-order chi connectivity index (χ0) is 28.5. The monoisotopic (exact) mass is 555 g/mol. The number of piperidine rings is 2. The number of nitrogens with zero attached hydrogens (tertiary/aromatic N) is 4. The number of hydrogen-bond donors (Lipinski definition) is 2. The molecule has 1 atom stereocenters. The lowest BCUT2D eigenvalue weighted by Crippen LogP contribution is -2.53. The number of nitrogens with one attached hydrogen (secondary N) is 1. The third-order valence-electron chi connectivity index (χ3n) is 9.65. The van der Waals surface area contributed by atoms with Crippen LogP contribution in [-0.2, 0) is 26.3 Å². The standard InChI is InChI=1S/C31H33N5O5/c1-30(9-10-30)29(41)34-13-11-31(18-37,12-14-34)35-17-19(16-32-35)15-20-5-6-23-26-21(20)3-2-4-22(26)28(40)36(23)24-7-8-25(38)33-27(24)39/h2-6,16-17,24,37H,7-15,18H2,1H3,(H,33,38,39). The number of aliphatic hydroxyl groups excluding tert-OH is 1. The Morgan fingerprint density at radius 2 is 1.88 bits per heavy atom. The number of likely N-dealkylation sites (tertiary alicyclic amines) is 1. The number of anilines is 1. The number of benzene rings is 2. The molecule has 0 spiro atoms. The maximum Gasteiger partial charge on any atom is 0.259 e. The summed E-state index contributed by atoms with van der Waals surface area (Å²) in [6.45, 7) is 3.20. The fourth-order valence-corrected chi connectivity index (χ4v) is 6.76. The smallest absolute Gasteiger partial charge is 0.259 e. The van der Waals surface area contributed by atoms with Gasteiger partial charge in [-0.05, 0) is 60.7 Å². The van der Waals surface area contributed by atoms with Crippen LogP contribution in [0.2, 0.25) is 0 Å². The average Bonchev–Trinajstić information content (AvgIpc) is 3.44. The van der Waals surface area contributed by atoms with E-state index in [2.05, 4.69) is 10.4 Å². The highest BCUT2D eigenvalue weighted by atomic mass is 16.3. The van der Waals surface area contributed by atoms with E-state index in [-0.39, 0.29) is 36.2 Å². The van der Waals surface area contributed by atoms with Crippen molar-refractivity contribution in [2.24, 2.45) is 5.41 Å². The number of carbonyl (C=O) groups is 4. The summed E-state index contributed by atoms with van der Waals surface area (Å²) in [6, 6.07) is 8.80. The summed E-state index contributed by atoms with van der Waals surface area (Å²) < 4.78 is 1.87. The normalized spacial score (nSPS) is 22.8. The van der Waals surface area contributed by atoms with Crippen LogP contribution in [0, 0.1) is 5.41 Å². The van der Waals surface area contributed by atoms with Gasteiger partial charge in [-0.15, -0.1) is 0 Å². The minimum absolute atomic E-state index is 0.0489. The fraction of sp³-hybridized carbons (Fsp3) is 0.452. The van der Waals surface area contributed by atoms with Crippen molar-refractivity contribution in [3.05, 3.63) is 59.4 Å². The molecule has 2 aromatic carbocycles. The van der Waals surface area contributed by atoms with Crippen LogP contribution in [0.15, 0.2) is 42.7 Å². The lowest BCUT2D eigenvalue weighted by atomic mass is 9.87. The van der Waals surface area contributed by atoms with Crippen LogP contribution in [0.4, 0.5) is 5.69 Å². The molecule has 3 fully saturated rings. The third kappa shape index (κ3) is 4.07. The van der Waals surface area contributed by atoms with Crippen molar-refractivity contribution in [2.45, 2.75) is 63.5 Å². The van der Waals surface area contributed by atoms with Gasteiger partial charge in [0.1, 0.15) is 6.04 Å². The van der Waals surface area contributed by atoms with Gasteiger partial charge in [0.15, 0.2) is 0 Å². The first-order valence-electron chi connectivity index (χ1n) is 14.4. The number of aliphatic hydroxyl groups is 1. The van der Waals surface area contributed by atoms with E-state index in [1.54, 1.807) is 6.07 Å². The first-order valence-corrected chi connectivity index (χ1v) is 14.4. The summed E-state index contributed by atoms with van der Waals surface area (Å²) >= 11 is 0. The molecule has 0 bridgehead atoms. The first kappa shape index (κ1) is 25.9. The predicted octanol–water partition coefficient (Wildman–Crippen LogP) is 2.50. The molecule has 1 aromatic heterocycles. The topological polar surface area (TPSA) is 125 Å². The van der Waals surface area contributed by atoms with E-state index in [1.807, 2.05) is 53.2 Å². The summed E-state index contributed by atoms with van der Waals surface area (Å²) in [5.41, 5.74) is 2.51. The Balaban J connectivity index is 1.14. The first-order chi connectivity index (χ1) is 19.7. The summed E-state index contributed by atoms with van der Waals surface area (Å²) in [4.78, 5) is 54.1. The third-order valence-corrected chi connectivity index (χ3v) is 9.65. The number of rotatable bonds is 6. The Kier molecular flexibility index (Phi) is 5.83. The van der Waals surface area contributed by atoms with Crippen LogP contribution in [0.1, 0.15) is 66.9 Å². The largest absolute Gasteiger partial charge is 0.394 e.